The molecule has 6 heteroatoms. The maximum absolute atomic E-state index is 11.7. The van der Waals surface area contributed by atoms with Crippen molar-refractivity contribution < 1.29 is 8.42 Å². The highest BCUT2D eigenvalue weighted by atomic mass is 35.5. The number of benzene rings is 1. The van der Waals surface area contributed by atoms with Gasteiger partial charge in [0.05, 0.1) is 27.9 Å². The molecule has 0 aromatic heterocycles. The summed E-state index contributed by atoms with van der Waals surface area (Å²) in [6.07, 6.45) is 1.59. The number of para-hydroxylation sites is 1. The van der Waals surface area contributed by atoms with Crippen molar-refractivity contribution in [2.24, 2.45) is 0 Å². The van der Waals surface area contributed by atoms with Crippen LogP contribution in [0.5, 0.6) is 0 Å². The fraction of sp³-hybridized carbons (Fsp3) is 0.538. The van der Waals surface area contributed by atoms with Crippen molar-refractivity contribution in [2.75, 3.05) is 35.8 Å². The van der Waals surface area contributed by atoms with Crippen LogP contribution < -0.4 is 10.2 Å². The van der Waals surface area contributed by atoms with Crippen LogP contribution in [0, 0.1) is 0 Å². The molecule has 0 aliphatic carbocycles. The molecule has 2 rings (SSSR count). The van der Waals surface area contributed by atoms with E-state index in [1.165, 1.54) is 0 Å². The molecule has 106 valence electrons. The number of anilines is 2. The SMILES string of the molecule is CN(C)c1c(Cl)cccc1NC1CCCS(=O)(=O)C1. The molecule has 4 nitrogen and oxygen atoms in total. The Morgan fingerprint density at radius 3 is 2.74 bits per heavy atom. The highest BCUT2D eigenvalue weighted by Crippen LogP contribution is 2.33. The summed E-state index contributed by atoms with van der Waals surface area (Å²) in [4.78, 5) is 1.93. The lowest BCUT2D eigenvalue weighted by molar-refractivity contribution is 0.562. The van der Waals surface area contributed by atoms with Gasteiger partial charge in [0.25, 0.3) is 0 Å². The molecule has 1 aromatic rings. The second kappa shape index (κ2) is 5.59. The third-order valence-corrected chi connectivity index (χ3v) is 5.38. The quantitative estimate of drug-likeness (QED) is 0.931. The highest BCUT2D eigenvalue weighted by Gasteiger charge is 2.25. The lowest BCUT2D eigenvalue weighted by Crippen LogP contribution is -2.35. The second-order valence-corrected chi connectivity index (χ2v) is 7.76. The number of halogens is 1. The Morgan fingerprint density at radius 1 is 1.37 bits per heavy atom. The third-order valence-electron chi connectivity index (χ3n) is 3.26. The normalized spacial score (nSPS) is 21.9. The maximum Gasteiger partial charge on any atom is 0.152 e. The van der Waals surface area contributed by atoms with Crippen LogP contribution in [0.4, 0.5) is 11.4 Å². The van der Waals surface area contributed by atoms with Crippen LogP contribution in [0.2, 0.25) is 5.02 Å². The summed E-state index contributed by atoms with van der Waals surface area (Å²) in [7, 11) is 0.937. The third kappa shape index (κ3) is 3.54. The number of nitrogens with one attached hydrogen (secondary N) is 1. The van der Waals surface area contributed by atoms with Gasteiger partial charge in [0, 0.05) is 20.1 Å². The molecule has 1 fully saturated rings. The van der Waals surface area contributed by atoms with E-state index in [4.69, 9.17) is 11.6 Å². The number of hydrogen-bond donors (Lipinski definition) is 1. The summed E-state index contributed by atoms with van der Waals surface area (Å²) in [5, 5.41) is 3.98. The first kappa shape index (κ1) is 14.5. The van der Waals surface area contributed by atoms with Crippen molar-refractivity contribution >= 4 is 32.8 Å². The smallest absolute Gasteiger partial charge is 0.152 e. The van der Waals surface area contributed by atoms with Gasteiger partial charge < -0.3 is 10.2 Å². The zero-order valence-corrected chi connectivity index (χ0v) is 12.8. The first-order chi connectivity index (χ1) is 8.89. The Bertz CT molecular complexity index is 558. The summed E-state index contributed by atoms with van der Waals surface area (Å²) in [6, 6.07) is 5.60. The van der Waals surface area contributed by atoms with Crippen LogP contribution in [-0.2, 0) is 9.84 Å². The van der Waals surface area contributed by atoms with Gasteiger partial charge >= 0.3 is 0 Å². The van der Waals surface area contributed by atoms with Crippen molar-refractivity contribution in [1.29, 1.82) is 0 Å². The van der Waals surface area contributed by atoms with E-state index in [0.29, 0.717) is 10.8 Å². The molecule has 1 heterocycles. The molecular formula is C13H19ClN2O2S. The van der Waals surface area contributed by atoms with Crippen LogP contribution in [-0.4, -0.2) is 40.1 Å². The molecule has 0 spiro atoms. The van der Waals surface area contributed by atoms with Gasteiger partial charge in [-0.25, -0.2) is 8.42 Å². The Balaban J connectivity index is 2.22. The van der Waals surface area contributed by atoms with E-state index in [1.54, 1.807) is 0 Å². The van der Waals surface area contributed by atoms with Gasteiger partial charge in [-0.1, -0.05) is 17.7 Å². The van der Waals surface area contributed by atoms with E-state index < -0.39 is 9.84 Å². The van der Waals surface area contributed by atoms with Gasteiger partial charge in [-0.2, -0.15) is 0 Å². The van der Waals surface area contributed by atoms with Crippen molar-refractivity contribution in [3.63, 3.8) is 0 Å². The molecular weight excluding hydrogens is 284 g/mol. The first-order valence-electron chi connectivity index (χ1n) is 6.32. The van der Waals surface area contributed by atoms with E-state index in [1.807, 2.05) is 37.2 Å². The Kier molecular flexibility index (Phi) is 4.26. The van der Waals surface area contributed by atoms with Gasteiger partial charge in [0.1, 0.15) is 0 Å². The minimum atomic E-state index is -2.90. The van der Waals surface area contributed by atoms with Gasteiger partial charge in [-0.15, -0.1) is 0 Å². The minimum Gasteiger partial charge on any atom is -0.380 e. The predicted molar refractivity (Wildman–Crippen MR) is 81.1 cm³/mol. The van der Waals surface area contributed by atoms with E-state index in [2.05, 4.69) is 5.32 Å². The van der Waals surface area contributed by atoms with Gasteiger partial charge in [0.2, 0.25) is 0 Å². The van der Waals surface area contributed by atoms with Crippen LogP contribution in [0.1, 0.15) is 12.8 Å². The highest BCUT2D eigenvalue weighted by molar-refractivity contribution is 7.91. The molecule has 19 heavy (non-hydrogen) atoms. The van der Waals surface area contributed by atoms with Crippen molar-refractivity contribution in [3.8, 4) is 0 Å². The average Bonchev–Trinajstić information content (AvgIpc) is 2.26. The van der Waals surface area contributed by atoms with Crippen molar-refractivity contribution in [3.05, 3.63) is 23.2 Å². The molecule has 1 aromatic carbocycles. The van der Waals surface area contributed by atoms with Crippen molar-refractivity contribution in [1.82, 2.24) is 0 Å². The summed E-state index contributed by atoms with van der Waals surface area (Å²) in [5.41, 5.74) is 1.78. The maximum atomic E-state index is 11.7. The molecule has 1 atom stereocenters. The van der Waals surface area contributed by atoms with Gasteiger partial charge in [0.15, 0.2) is 9.84 Å². The summed E-state index contributed by atoms with van der Waals surface area (Å²) in [5.74, 6) is 0.508. The number of hydrogen-bond acceptors (Lipinski definition) is 4. The lowest BCUT2D eigenvalue weighted by atomic mass is 10.1. The molecule has 1 N–H and O–H groups in total. The van der Waals surface area contributed by atoms with Crippen LogP contribution in [0.15, 0.2) is 18.2 Å². The topological polar surface area (TPSA) is 49.4 Å². The Morgan fingerprint density at radius 2 is 2.11 bits per heavy atom. The summed E-state index contributed by atoms with van der Waals surface area (Å²) >= 11 is 6.20. The van der Waals surface area contributed by atoms with E-state index in [9.17, 15) is 8.42 Å². The van der Waals surface area contributed by atoms with Crippen LogP contribution in [0.25, 0.3) is 0 Å². The predicted octanol–water partition coefficient (Wildman–Crippen LogP) is 2.40. The standard InChI is InChI=1S/C13H19ClN2O2S/c1-16(2)13-11(14)6-3-7-12(13)15-10-5-4-8-19(17,18)9-10/h3,6-7,10,15H,4-5,8-9H2,1-2H3. The Hall–Kier alpha value is -0.940. The number of nitrogens with zero attached hydrogens (tertiary/aromatic N) is 1. The molecule has 0 saturated carbocycles. The van der Waals surface area contributed by atoms with Gasteiger partial charge in [-0.3, -0.25) is 0 Å². The first-order valence-corrected chi connectivity index (χ1v) is 8.52. The number of sulfone groups is 1. The molecule has 0 amide bonds. The zero-order chi connectivity index (χ0) is 14.0. The molecule has 0 radical (unpaired) electrons. The van der Waals surface area contributed by atoms with Crippen LogP contribution >= 0.6 is 11.6 Å². The van der Waals surface area contributed by atoms with Crippen molar-refractivity contribution in [2.45, 2.75) is 18.9 Å². The van der Waals surface area contributed by atoms with E-state index >= 15 is 0 Å². The Labute approximate surface area is 119 Å². The molecule has 1 saturated heterocycles. The van der Waals surface area contributed by atoms with E-state index in [0.717, 1.165) is 24.2 Å². The molecule has 1 aliphatic heterocycles. The molecule has 0 bridgehead atoms. The van der Waals surface area contributed by atoms with Crippen LogP contribution in [0.3, 0.4) is 0 Å². The van der Waals surface area contributed by atoms with Gasteiger partial charge in [-0.05, 0) is 25.0 Å². The lowest BCUT2D eigenvalue weighted by Gasteiger charge is -2.27. The fourth-order valence-electron chi connectivity index (χ4n) is 2.44. The summed E-state index contributed by atoms with van der Waals surface area (Å²) in [6.45, 7) is 0. The monoisotopic (exact) mass is 302 g/mol. The van der Waals surface area contributed by atoms with E-state index in [-0.39, 0.29) is 11.8 Å². The fourth-order valence-corrected chi connectivity index (χ4v) is 4.42. The zero-order valence-electron chi connectivity index (χ0n) is 11.2. The minimum absolute atomic E-state index is 0.0316. The molecule has 1 unspecified atom stereocenters. The summed E-state index contributed by atoms with van der Waals surface area (Å²) < 4.78 is 23.3. The number of rotatable bonds is 3. The molecule has 1 aliphatic rings. The average molecular weight is 303 g/mol. The second-order valence-electron chi connectivity index (χ2n) is 5.13. The largest absolute Gasteiger partial charge is 0.380 e.